The molecule has 0 aliphatic heterocycles. The Morgan fingerprint density at radius 3 is 2.71 bits per heavy atom. The van der Waals surface area contributed by atoms with Gasteiger partial charge in [-0.15, -0.1) is 11.3 Å². The summed E-state index contributed by atoms with van der Waals surface area (Å²) >= 11 is 1.25. The maximum atomic E-state index is 12.9. The summed E-state index contributed by atoms with van der Waals surface area (Å²) in [6, 6.07) is 8.56. The summed E-state index contributed by atoms with van der Waals surface area (Å²) < 4.78 is 40.4. The molecule has 0 spiro atoms. The first kappa shape index (κ1) is 18.2. The SMILES string of the molecule is O=C(NCc1ccncc1)c1csc2nc(-c3cccc(C(F)(F)F)c3)cn12. The number of carbonyl (C=O) groups is 1. The number of alkyl halides is 3. The third-order valence-corrected chi connectivity index (χ3v) is 4.97. The van der Waals surface area contributed by atoms with Crippen LogP contribution in [0.15, 0.2) is 60.4 Å². The van der Waals surface area contributed by atoms with Crippen molar-refractivity contribution < 1.29 is 18.0 Å². The summed E-state index contributed by atoms with van der Waals surface area (Å²) in [4.78, 5) is 21.3. The molecule has 0 aliphatic rings. The fourth-order valence-electron chi connectivity index (χ4n) is 2.71. The third kappa shape index (κ3) is 3.61. The Hall–Kier alpha value is -3.20. The second kappa shape index (κ2) is 7.08. The van der Waals surface area contributed by atoms with Gasteiger partial charge >= 0.3 is 6.18 Å². The number of aromatic nitrogens is 3. The smallest absolute Gasteiger partial charge is 0.347 e. The van der Waals surface area contributed by atoms with Gasteiger partial charge in [-0.2, -0.15) is 13.2 Å². The van der Waals surface area contributed by atoms with Crippen molar-refractivity contribution in [3.05, 3.63) is 77.2 Å². The molecule has 9 heteroatoms. The first-order valence-electron chi connectivity index (χ1n) is 8.23. The molecule has 0 fully saturated rings. The number of fused-ring (bicyclic) bond motifs is 1. The number of pyridine rings is 1. The number of imidazole rings is 1. The number of hydrogen-bond donors (Lipinski definition) is 1. The van der Waals surface area contributed by atoms with Gasteiger partial charge in [-0.25, -0.2) is 4.98 Å². The molecule has 0 saturated heterocycles. The zero-order valence-corrected chi connectivity index (χ0v) is 15.1. The molecular formula is C19H13F3N4OS. The van der Waals surface area contributed by atoms with E-state index in [-0.39, 0.29) is 5.91 Å². The molecule has 3 heterocycles. The highest BCUT2D eigenvalue weighted by Crippen LogP contribution is 2.32. The van der Waals surface area contributed by atoms with Crippen molar-refractivity contribution in [2.24, 2.45) is 0 Å². The van der Waals surface area contributed by atoms with Crippen molar-refractivity contribution in [2.75, 3.05) is 0 Å². The van der Waals surface area contributed by atoms with Crippen molar-refractivity contribution in [1.82, 2.24) is 19.7 Å². The van der Waals surface area contributed by atoms with Crippen LogP contribution in [-0.2, 0) is 12.7 Å². The van der Waals surface area contributed by atoms with Gasteiger partial charge in [0.1, 0.15) is 5.69 Å². The molecule has 0 bridgehead atoms. The van der Waals surface area contributed by atoms with Gasteiger partial charge in [0.25, 0.3) is 5.91 Å². The van der Waals surface area contributed by atoms with Crippen LogP contribution >= 0.6 is 11.3 Å². The minimum atomic E-state index is -4.43. The van der Waals surface area contributed by atoms with Crippen molar-refractivity contribution >= 4 is 22.2 Å². The van der Waals surface area contributed by atoms with Crippen LogP contribution in [-0.4, -0.2) is 20.3 Å². The van der Waals surface area contributed by atoms with Gasteiger partial charge in [0.15, 0.2) is 4.96 Å². The lowest BCUT2D eigenvalue weighted by atomic mass is 10.1. The van der Waals surface area contributed by atoms with E-state index in [0.717, 1.165) is 17.7 Å². The van der Waals surface area contributed by atoms with Crippen LogP contribution in [0.2, 0.25) is 0 Å². The minimum absolute atomic E-state index is 0.295. The lowest BCUT2D eigenvalue weighted by Crippen LogP contribution is -2.23. The monoisotopic (exact) mass is 402 g/mol. The molecule has 1 amide bonds. The van der Waals surface area contributed by atoms with Crippen molar-refractivity contribution in [1.29, 1.82) is 0 Å². The predicted molar refractivity (Wildman–Crippen MR) is 98.9 cm³/mol. The summed E-state index contributed by atoms with van der Waals surface area (Å²) in [5.74, 6) is -0.295. The molecule has 5 nitrogen and oxygen atoms in total. The molecule has 0 radical (unpaired) electrons. The lowest BCUT2D eigenvalue weighted by Gasteiger charge is -2.07. The molecule has 1 N–H and O–H groups in total. The molecule has 142 valence electrons. The zero-order chi connectivity index (χ0) is 19.7. The second-order valence-corrected chi connectivity index (χ2v) is 6.85. The molecule has 0 saturated carbocycles. The van der Waals surface area contributed by atoms with E-state index >= 15 is 0 Å². The average Bonchev–Trinajstić information content (AvgIpc) is 3.27. The molecule has 0 unspecified atom stereocenters. The zero-order valence-electron chi connectivity index (χ0n) is 14.3. The summed E-state index contributed by atoms with van der Waals surface area (Å²) in [6.07, 6.45) is 0.427. The standard InChI is InChI=1S/C19H13F3N4OS/c20-19(21,22)14-3-1-2-13(8-14)15-10-26-16(11-28-18(26)25-15)17(27)24-9-12-4-6-23-7-5-12/h1-8,10-11H,9H2,(H,24,27). The van der Waals surface area contributed by atoms with Crippen LogP contribution in [0.4, 0.5) is 13.2 Å². The van der Waals surface area contributed by atoms with Crippen LogP contribution in [0.3, 0.4) is 0 Å². The topological polar surface area (TPSA) is 59.3 Å². The Kier molecular flexibility index (Phi) is 4.60. The van der Waals surface area contributed by atoms with E-state index in [1.165, 1.54) is 17.4 Å². The van der Waals surface area contributed by atoms with Gasteiger partial charge in [-0.3, -0.25) is 14.2 Å². The van der Waals surface area contributed by atoms with E-state index < -0.39 is 11.7 Å². The van der Waals surface area contributed by atoms with Crippen LogP contribution < -0.4 is 5.32 Å². The van der Waals surface area contributed by atoms with Gasteiger partial charge in [0.05, 0.1) is 11.3 Å². The largest absolute Gasteiger partial charge is 0.416 e. The number of amides is 1. The summed E-state index contributed by atoms with van der Waals surface area (Å²) in [5, 5.41) is 4.48. The highest BCUT2D eigenvalue weighted by atomic mass is 32.1. The van der Waals surface area contributed by atoms with Crippen LogP contribution in [0.1, 0.15) is 21.6 Å². The van der Waals surface area contributed by atoms with E-state index in [1.807, 2.05) is 0 Å². The van der Waals surface area contributed by atoms with E-state index in [4.69, 9.17) is 0 Å². The van der Waals surface area contributed by atoms with Crippen molar-refractivity contribution in [3.8, 4) is 11.3 Å². The Bertz CT molecular complexity index is 1140. The number of benzene rings is 1. The molecule has 28 heavy (non-hydrogen) atoms. The average molecular weight is 402 g/mol. The first-order chi connectivity index (χ1) is 13.4. The Labute approximate surface area is 161 Å². The van der Waals surface area contributed by atoms with E-state index in [0.29, 0.717) is 28.5 Å². The highest BCUT2D eigenvalue weighted by molar-refractivity contribution is 7.15. The molecule has 4 aromatic rings. The number of carbonyl (C=O) groups excluding carboxylic acids is 1. The number of nitrogens with one attached hydrogen (secondary N) is 1. The number of nitrogens with zero attached hydrogens (tertiary/aromatic N) is 3. The van der Waals surface area contributed by atoms with Gasteiger partial charge in [-0.05, 0) is 29.8 Å². The summed E-state index contributed by atoms with van der Waals surface area (Å²) in [5.41, 5.74) is 1.26. The van der Waals surface area contributed by atoms with Gasteiger partial charge in [0, 0.05) is 36.1 Å². The fraction of sp³-hybridized carbons (Fsp3) is 0.105. The van der Waals surface area contributed by atoms with Gasteiger partial charge in [0.2, 0.25) is 0 Å². The maximum Gasteiger partial charge on any atom is 0.416 e. The quantitative estimate of drug-likeness (QED) is 0.550. The molecule has 4 rings (SSSR count). The Morgan fingerprint density at radius 2 is 1.96 bits per heavy atom. The molecular weight excluding hydrogens is 389 g/mol. The normalized spacial score (nSPS) is 11.7. The van der Waals surface area contributed by atoms with Crippen molar-refractivity contribution in [3.63, 3.8) is 0 Å². The fourth-order valence-corrected chi connectivity index (χ4v) is 3.57. The summed E-state index contributed by atoms with van der Waals surface area (Å²) in [7, 11) is 0. The highest BCUT2D eigenvalue weighted by Gasteiger charge is 2.30. The maximum absolute atomic E-state index is 12.9. The number of hydrogen-bond acceptors (Lipinski definition) is 4. The first-order valence-corrected chi connectivity index (χ1v) is 9.11. The van der Waals surface area contributed by atoms with Crippen LogP contribution in [0.25, 0.3) is 16.2 Å². The van der Waals surface area contributed by atoms with Crippen LogP contribution in [0, 0.1) is 0 Å². The van der Waals surface area contributed by atoms with Crippen LogP contribution in [0.5, 0.6) is 0 Å². The Morgan fingerprint density at radius 1 is 1.18 bits per heavy atom. The minimum Gasteiger partial charge on any atom is -0.347 e. The van der Waals surface area contributed by atoms with E-state index in [2.05, 4.69) is 15.3 Å². The van der Waals surface area contributed by atoms with Gasteiger partial charge in [-0.1, -0.05) is 12.1 Å². The number of rotatable bonds is 4. The van der Waals surface area contributed by atoms with E-state index in [9.17, 15) is 18.0 Å². The molecule has 3 aromatic heterocycles. The molecule has 0 aliphatic carbocycles. The summed E-state index contributed by atoms with van der Waals surface area (Å²) in [6.45, 7) is 0.341. The third-order valence-electron chi connectivity index (χ3n) is 4.13. The number of thiazole rings is 1. The Balaban J connectivity index is 1.59. The molecule has 0 atom stereocenters. The lowest BCUT2D eigenvalue weighted by molar-refractivity contribution is -0.137. The van der Waals surface area contributed by atoms with Crippen molar-refractivity contribution in [2.45, 2.75) is 12.7 Å². The predicted octanol–water partition coefficient (Wildman–Crippen LogP) is 4.41. The second-order valence-electron chi connectivity index (χ2n) is 6.02. The van der Waals surface area contributed by atoms with Gasteiger partial charge < -0.3 is 5.32 Å². The van der Waals surface area contributed by atoms with E-state index in [1.54, 1.807) is 46.6 Å². The molecule has 1 aromatic carbocycles. The number of halogens is 3.